The van der Waals surface area contributed by atoms with Crippen LogP contribution in [0.2, 0.25) is 0 Å². The monoisotopic (exact) mass is 1030 g/mol. The smallest absolute Gasteiger partial charge is 0.462 e. The maximum atomic E-state index is 12.9. The molecule has 12 heteroatoms. The summed E-state index contributed by atoms with van der Waals surface area (Å²) in [6.45, 7) is 4.32. The van der Waals surface area contributed by atoms with Crippen LogP contribution in [0.15, 0.2) is 85.1 Å². The molecule has 0 saturated carbocycles. The third-order valence-corrected chi connectivity index (χ3v) is 12.8. The summed E-state index contributed by atoms with van der Waals surface area (Å²) in [6, 6.07) is 0. The first-order chi connectivity index (χ1) is 35.2. The Hall–Kier alpha value is -3.34. The summed E-state index contributed by atoms with van der Waals surface area (Å²) in [4.78, 5) is 48.5. The van der Waals surface area contributed by atoms with Gasteiger partial charge in [0.2, 0.25) is 0 Å². The second-order valence-corrected chi connectivity index (χ2v) is 20.1. The van der Waals surface area contributed by atoms with Crippen molar-refractivity contribution in [2.75, 3.05) is 26.4 Å². The van der Waals surface area contributed by atoms with Gasteiger partial charge >= 0.3 is 25.7 Å². The van der Waals surface area contributed by atoms with Gasteiger partial charge in [0.25, 0.3) is 0 Å². The predicted octanol–water partition coefficient (Wildman–Crippen LogP) is 16.7. The topological polar surface area (TPSA) is 155 Å². The maximum absolute atomic E-state index is 12.9. The van der Waals surface area contributed by atoms with Crippen molar-refractivity contribution in [2.45, 2.75) is 251 Å². The Bertz CT molecular complexity index is 1530. The fourth-order valence-electron chi connectivity index (χ4n) is 7.56. The average Bonchev–Trinajstić information content (AvgIpc) is 3.37. The van der Waals surface area contributed by atoms with Crippen LogP contribution in [0.4, 0.5) is 0 Å². The lowest BCUT2D eigenvalue weighted by atomic mass is 10.0. The second-order valence-electron chi connectivity index (χ2n) is 18.7. The number of phosphoric ester groups is 1. The molecule has 0 aromatic carbocycles. The van der Waals surface area contributed by atoms with E-state index in [1.54, 1.807) is 0 Å². The molecule has 0 radical (unpaired) electrons. The van der Waals surface area contributed by atoms with Crippen LogP contribution in [-0.4, -0.2) is 66.5 Å². The summed E-state index contributed by atoms with van der Waals surface area (Å²) in [7, 11) is -4.77. The molecule has 0 spiro atoms. The van der Waals surface area contributed by atoms with Gasteiger partial charge in [-0.05, 0) is 77.0 Å². The van der Waals surface area contributed by atoms with E-state index in [0.29, 0.717) is 19.3 Å². The van der Waals surface area contributed by atoms with Gasteiger partial charge in [-0.15, -0.1) is 0 Å². The minimum absolute atomic E-state index is 0.0526. The zero-order chi connectivity index (χ0) is 52.7. The van der Waals surface area contributed by atoms with Crippen LogP contribution in [0.5, 0.6) is 0 Å². The maximum Gasteiger partial charge on any atom is 0.472 e. The summed E-state index contributed by atoms with van der Waals surface area (Å²) >= 11 is 0. The Labute approximate surface area is 439 Å². The molecule has 0 aliphatic rings. The van der Waals surface area contributed by atoms with E-state index in [0.717, 1.165) is 96.3 Å². The van der Waals surface area contributed by atoms with Gasteiger partial charge in [0, 0.05) is 19.3 Å². The van der Waals surface area contributed by atoms with E-state index in [-0.39, 0.29) is 25.9 Å². The second kappa shape index (κ2) is 53.9. The number of unbranched alkanes of at least 4 members (excludes halogenated alkanes) is 21. The molecule has 0 amide bonds. The van der Waals surface area contributed by atoms with E-state index in [1.165, 1.54) is 83.5 Å². The minimum atomic E-state index is -4.77. The third kappa shape index (κ3) is 51.6. The highest BCUT2D eigenvalue weighted by Gasteiger charge is 2.28. The van der Waals surface area contributed by atoms with Crippen LogP contribution in [0.25, 0.3) is 0 Å². The van der Waals surface area contributed by atoms with E-state index >= 15 is 0 Å². The fraction of sp³-hybridized carbons (Fsp3) is 0.717. The van der Waals surface area contributed by atoms with Gasteiger partial charge in [-0.25, -0.2) is 4.57 Å². The quantitative estimate of drug-likeness (QED) is 0.0197. The third-order valence-electron chi connectivity index (χ3n) is 11.8. The number of allylic oxidation sites excluding steroid dienone is 14. The lowest BCUT2D eigenvalue weighted by molar-refractivity contribution is -0.161. The number of esters is 3. The number of carbonyl (C=O) groups excluding carboxylic acids is 3. The van der Waals surface area contributed by atoms with Crippen LogP contribution < -0.4 is 0 Å². The predicted molar refractivity (Wildman–Crippen MR) is 298 cm³/mol. The van der Waals surface area contributed by atoms with E-state index in [1.807, 2.05) is 12.2 Å². The first-order valence-electron chi connectivity index (χ1n) is 28.5. The van der Waals surface area contributed by atoms with Gasteiger partial charge in [-0.2, -0.15) is 0 Å². The molecule has 0 aliphatic carbocycles. The van der Waals surface area contributed by atoms with Gasteiger partial charge in [0.05, 0.1) is 19.8 Å². The van der Waals surface area contributed by atoms with Crippen molar-refractivity contribution >= 4 is 25.7 Å². The van der Waals surface area contributed by atoms with Crippen LogP contribution in [0.3, 0.4) is 0 Å². The number of rotatable bonds is 52. The molecular weight excluding hydrogens is 928 g/mol. The van der Waals surface area contributed by atoms with Crippen molar-refractivity contribution in [3.8, 4) is 0 Å². The minimum Gasteiger partial charge on any atom is -0.462 e. The Morgan fingerprint density at radius 1 is 0.403 bits per heavy atom. The normalized spacial score (nSPS) is 14.0. The number of ether oxygens (including phenoxy) is 3. The SMILES string of the molecule is CC/C=C\C/C=C\C/C=C\C/C=C\CCC(=O)OC(CO)COP(=O)(O)OCC(COC(=O)CCCCCCCCCCCCCCCCCCC)OC(=O)CCCCCCC/C=C\C/C=C\C/C=C\CC. The number of aliphatic hydroxyl groups is 1. The highest BCUT2D eigenvalue weighted by Crippen LogP contribution is 2.43. The van der Waals surface area contributed by atoms with Crippen molar-refractivity contribution in [3.05, 3.63) is 85.1 Å². The standard InChI is InChI=1S/C60H103O11P/c1-4-7-10-13-16-19-22-25-27-28-30-32-34-37-40-43-46-49-58(62)67-53-57(71-60(64)51-48-45-42-39-36-33-29-26-23-20-17-14-11-8-5-2)55-69-72(65,66)68-54-56(52-61)70-59(63)50-47-44-41-38-35-31-24-21-18-15-12-9-6-3/h8-9,11-12,17-18,20-21,26,29,31,35,41,44,56-57,61H,4-7,10,13-16,19,22-25,27-28,30,32-34,36-40,42-43,45-55H2,1-3H3,(H,65,66)/b11-8-,12-9-,20-17-,21-18-,29-26-,35-31-,44-41-. The largest absolute Gasteiger partial charge is 0.472 e. The Morgan fingerprint density at radius 2 is 0.750 bits per heavy atom. The summed E-state index contributed by atoms with van der Waals surface area (Å²) < 4.78 is 39.4. The van der Waals surface area contributed by atoms with Crippen molar-refractivity contribution < 1.29 is 52.2 Å². The molecule has 11 nitrogen and oxygen atoms in total. The van der Waals surface area contributed by atoms with E-state index in [4.69, 9.17) is 23.3 Å². The zero-order valence-corrected chi connectivity index (χ0v) is 46.5. The summed E-state index contributed by atoms with van der Waals surface area (Å²) in [5.74, 6) is -1.57. The van der Waals surface area contributed by atoms with Crippen LogP contribution in [0.1, 0.15) is 239 Å². The van der Waals surface area contributed by atoms with Crippen molar-refractivity contribution in [1.29, 1.82) is 0 Å². The highest BCUT2D eigenvalue weighted by molar-refractivity contribution is 7.47. The molecule has 2 N–H and O–H groups in total. The Balaban J connectivity index is 4.79. The van der Waals surface area contributed by atoms with Gasteiger partial charge in [-0.1, -0.05) is 228 Å². The highest BCUT2D eigenvalue weighted by atomic mass is 31.2. The molecular formula is C60H103O11P. The van der Waals surface area contributed by atoms with Gasteiger partial charge < -0.3 is 24.2 Å². The van der Waals surface area contributed by atoms with Gasteiger partial charge in [-0.3, -0.25) is 23.4 Å². The number of carbonyl (C=O) groups is 3. The van der Waals surface area contributed by atoms with Gasteiger partial charge in [0.1, 0.15) is 12.7 Å². The van der Waals surface area contributed by atoms with Gasteiger partial charge in [0.15, 0.2) is 6.10 Å². The average molecular weight is 1030 g/mol. The first-order valence-corrected chi connectivity index (χ1v) is 30.0. The number of aliphatic hydroxyl groups excluding tert-OH is 1. The lowest BCUT2D eigenvalue weighted by Gasteiger charge is -2.21. The molecule has 0 heterocycles. The summed E-state index contributed by atoms with van der Waals surface area (Å²) in [5.41, 5.74) is 0. The lowest BCUT2D eigenvalue weighted by Crippen LogP contribution is -2.30. The van der Waals surface area contributed by atoms with Crippen molar-refractivity contribution in [3.63, 3.8) is 0 Å². The van der Waals surface area contributed by atoms with Crippen molar-refractivity contribution in [2.24, 2.45) is 0 Å². The van der Waals surface area contributed by atoms with E-state index < -0.39 is 57.8 Å². The molecule has 0 bridgehead atoms. The zero-order valence-electron chi connectivity index (χ0n) is 45.6. The van der Waals surface area contributed by atoms with Crippen molar-refractivity contribution in [1.82, 2.24) is 0 Å². The molecule has 414 valence electrons. The number of hydrogen-bond donors (Lipinski definition) is 2. The van der Waals surface area contributed by atoms with E-state index in [2.05, 4.69) is 93.7 Å². The van der Waals surface area contributed by atoms with Crippen LogP contribution in [-0.2, 0) is 42.2 Å². The molecule has 3 unspecified atom stereocenters. The van der Waals surface area contributed by atoms with E-state index in [9.17, 15) is 28.9 Å². The van der Waals surface area contributed by atoms with Crippen LogP contribution >= 0.6 is 7.82 Å². The molecule has 72 heavy (non-hydrogen) atoms. The molecule has 0 saturated heterocycles. The number of phosphoric acid groups is 1. The molecule has 0 rings (SSSR count). The molecule has 0 fully saturated rings. The molecule has 0 aromatic rings. The summed E-state index contributed by atoms with van der Waals surface area (Å²) in [6.07, 6.45) is 61.4. The van der Waals surface area contributed by atoms with Crippen LogP contribution in [0, 0.1) is 0 Å². The molecule has 0 aliphatic heterocycles. The fourth-order valence-corrected chi connectivity index (χ4v) is 8.34. The molecule has 3 atom stereocenters. The Morgan fingerprint density at radius 3 is 1.19 bits per heavy atom. The summed E-state index contributed by atoms with van der Waals surface area (Å²) in [5, 5.41) is 9.78. The number of hydrogen-bond acceptors (Lipinski definition) is 10. The molecule has 0 aromatic heterocycles. The Kier molecular flexibility index (Phi) is 51.4. The first kappa shape index (κ1) is 68.7.